The number of rotatable bonds is 4. The number of fused-ring (bicyclic) bond motifs is 1. The first-order valence-corrected chi connectivity index (χ1v) is 7.16. The van der Waals surface area contributed by atoms with Gasteiger partial charge in [0.15, 0.2) is 0 Å². The van der Waals surface area contributed by atoms with Crippen LogP contribution in [0.3, 0.4) is 0 Å². The van der Waals surface area contributed by atoms with Gasteiger partial charge in [-0.05, 0) is 25.0 Å². The molecule has 1 aliphatic carbocycles. The summed E-state index contributed by atoms with van der Waals surface area (Å²) in [6.45, 7) is 0.248. The minimum Gasteiger partial charge on any atom is -0.352 e. The molecule has 0 radical (unpaired) electrons. The van der Waals surface area contributed by atoms with Crippen LogP contribution in [0.4, 0.5) is 5.69 Å². The number of nitro benzene ring substituents is 1. The maximum absolute atomic E-state index is 12.0. The smallest absolute Gasteiger partial charge is 0.270 e. The molecule has 1 saturated carbocycles. The zero-order valence-corrected chi connectivity index (χ0v) is 11.6. The van der Waals surface area contributed by atoms with Crippen LogP contribution >= 0.6 is 0 Å². The standard InChI is InChI=1S/C15H17N3O3/c19-15(16-12-3-1-2-4-12)10-17-8-7-11-9-13(18(20)21)5-6-14(11)17/h5-9,12H,1-4,10H2,(H,16,19). The lowest BCUT2D eigenvalue weighted by molar-refractivity contribution is -0.384. The van der Waals surface area contributed by atoms with Crippen molar-refractivity contribution in [3.63, 3.8) is 0 Å². The molecule has 0 unspecified atom stereocenters. The summed E-state index contributed by atoms with van der Waals surface area (Å²) in [6, 6.07) is 6.79. The van der Waals surface area contributed by atoms with Crippen LogP contribution in [-0.2, 0) is 11.3 Å². The molecule has 0 aliphatic heterocycles. The van der Waals surface area contributed by atoms with Gasteiger partial charge in [-0.15, -0.1) is 0 Å². The van der Waals surface area contributed by atoms with Gasteiger partial charge in [0.1, 0.15) is 6.54 Å². The molecule has 0 spiro atoms. The Labute approximate surface area is 121 Å². The van der Waals surface area contributed by atoms with E-state index in [9.17, 15) is 14.9 Å². The zero-order valence-electron chi connectivity index (χ0n) is 11.6. The number of hydrogen-bond donors (Lipinski definition) is 1. The maximum atomic E-state index is 12.0. The van der Waals surface area contributed by atoms with Gasteiger partial charge in [0.05, 0.1) is 4.92 Å². The molecule has 21 heavy (non-hydrogen) atoms. The van der Waals surface area contributed by atoms with Crippen molar-refractivity contribution in [1.29, 1.82) is 0 Å². The Balaban J connectivity index is 1.74. The van der Waals surface area contributed by atoms with Gasteiger partial charge in [0, 0.05) is 35.3 Å². The van der Waals surface area contributed by atoms with Gasteiger partial charge in [0.25, 0.3) is 5.69 Å². The average molecular weight is 287 g/mol. The van der Waals surface area contributed by atoms with Crippen LogP contribution in [0.1, 0.15) is 25.7 Å². The lowest BCUT2D eigenvalue weighted by Crippen LogP contribution is -2.35. The molecule has 1 aliphatic rings. The number of aromatic nitrogens is 1. The molecular weight excluding hydrogens is 270 g/mol. The summed E-state index contributed by atoms with van der Waals surface area (Å²) < 4.78 is 1.82. The summed E-state index contributed by atoms with van der Waals surface area (Å²) in [4.78, 5) is 22.4. The van der Waals surface area contributed by atoms with Gasteiger partial charge >= 0.3 is 0 Å². The van der Waals surface area contributed by atoms with E-state index in [2.05, 4.69) is 5.32 Å². The fraction of sp³-hybridized carbons (Fsp3) is 0.400. The first-order valence-electron chi connectivity index (χ1n) is 7.16. The molecule has 1 aromatic carbocycles. The molecule has 6 nitrogen and oxygen atoms in total. The van der Waals surface area contributed by atoms with Crippen LogP contribution < -0.4 is 5.32 Å². The summed E-state index contributed by atoms with van der Waals surface area (Å²) in [7, 11) is 0. The van der Waals surface area contributed by atoms with Crippen LogP contribution in [0.15, 0.2) is 30.5 Å². The SMILES string of the molecule is O=C(Cn1ccc2cc([N+](=O)[O-])ccc21)NC1CCCC1. The third kappa shape index (κ3) is 2.89. The Morgan fingerprint density at radius 2 is 2.10 bits per heavy atom. The molecule has 1 fully saturated rings. The van der Waals surface area contributed by atoms with Crippen LogP contribution in [0, 0.1) is 10.1 Å². The fourth-order valence-electron chi connectivity index (χ4n) is 2.94. The normalized spacial score (nSPS) is 15.4. The number of nitro groups is 1. The second-order valence-electron chi connectivity index (χ2n) is 5.49. The summed E-state index contributed by atoms with van der Waals surface area (Å²) in [6.07, 6.45) is 6.28. The topological polar surface area (TPSA) is 77.2 Å². The molecule has 0 saturated heterocycles. The van der Waals surface area contributed by atoms with Crippen LogP contribution in [0.5, 0.6) is 0 Å². The lowest BCUT2D eigenvalue weighted by atomic mass is 10.2. The van der Waals surface area contributed by atoms with E-state index < -0.39 is 4.92 Å². The molecule has 6 heteroatoms. The highest BCUT2D eigenvalue weighted by Crippen LogP contribution is 2.22. The fourth-order valence-corrected chi connectivity index (χ4v) is 2.94. The summed E-state index contributed by atoms with van der Waals surface area (Å²) in [5.41, 5.74) is 0.901. The number of hydrogen-bond acceptors (Lipinski definition) is 3. The largest absolute Gasteiger partial charge is 0.352 e. The number of non-ortho nitro benzene ring substituents is 1. The summed E-state index contributed by atoms with van der Waals surface area (Å²) >= 11 is 0. The summed E-state index contributed by atoms with van der Waals surface area (Å²) in [5, 5.41) is 14.6. The summed E-state index contributed by atoms with van der Waals surface area (Å²) in [5.74, 6) is -0.00208. The van der Waals surface area contributed by atoms with Crippen LogP contribution in [0.25, 0.3) is 10.9 Å². The van der Waals surface area contributed by atoms with Gasteiger partial charge in [-0.3, -0.25) is 14.9 Å². The second-order valence-corrected chi connectivity index (χ2v) is 5.49. The zero-order chi connectivity index (χ0) is 14.8. The minimum atomic E-state index is -0.413. The number of benzene rings is 1. The predicted molar refractivity (Wildman–Crippen MR) is 79.0 cm³/mol. The van der Waals surface area contributed by atoms with E-state index in [1.807, 2.05) is 4.57 Å². The Morgan fingerprint density at radius 3 is 2.81 bits per heavy atom. The van der Waals surface area contributed by atoms with Gasteiger partial charge < -0.3 is 9.88 Å². The Hall–Kier alpha value is -2.37. The maximum Gasteiger partial charge on any atom is 0.270 e. The van der Waals surface area contributed by atoms with Crippen LogP contribution in [-0.4, -0.2) is 21.4 Å². The molecular formula is C15H17N3O3. The molecule has 0 atom stereocenters. The van der Waals surface area contributed by atoms with Gasteiger partial charge in [0.2, 0.25) is 5.91 Å². The van der Waals surface area contributed by atoms with E-state index in [0.717, 1.165) is 23.7 Å². The quantitative estimate of drug-likeness (QED) is 0.693. The van der Waals surface area contributed by atoms with Crippen molar-refractivity contribution >= 4 is 22.5 Å². The van der Waals surface area contributed by atoms with Crippen molar-refractivity contribution in [2.75, 3.05) is 0 Å². The number of carbonyl (C=O) groups is 1. The highest BCUT2D eigenvalue weighted by atomic mass is 16.6. The first kappa shape index (κ1) is 13.6. The van der Waals surface area contributed by atoms with E-state index >= 15 is 0 Å². The predicted octanol–water partition coefficient (Wildman–Crippen LogP) is 2.61. The van der Waals surface area contributed by atoms with Crippen molar-refractivity contribution in [1.82, 2.24) is 9.88 Å². The number of nitrogens with zero attached hydrogens (tertiary/aromatic N) is 2. The molecule has 1 aromatic heterocycles. The van der Waals surface area contributed by atoms with Gasteiger partial charge in [-0.2, -0.15) is 0 Å². The number of amides is 1. The number of nitrogens with one attached hydrogen (secondary N) is 1. The van der Waals surface area contributed by atoms with Crippen molar-refractivity contribution in [3.05, 3.63) is 40.6 Å². The molecule has 110 valence electrons. The van der Waals surface area contributed by atoms with Crippen molar-refractivity contribution in [2.24, 2.45) is 0 Å². The monoisotopic (exact) mass is 287 g/mol. The molecule has 3 rings (SSSR count). The van der Waals surface area contributed by atoms with E-state index in [0.29, 0.717) is 6.04 Å². The molecule has 1 amide bonds. The van der Waals surface area contributed by atoms with E-state index in [1.165, 1.54) is 25.0 Å². The first-order chi connectivity index (χ1) is 10.1. The molecule has 1 N–H and O–H groups in total. The lowest BCUT2D eigenvalue weighted by Gasteiger charge is -2.12. The molecule has 2 aromatic rings. The molecule has 0 bridgehead atoms. The Morgan fingerprint density at radius 1 is 1.33 bits per heavy atom. The Kier molecular flexibility index (Phi) is 3.60. The van der Waals surface area contributed by atoms with Gasteiger partial charge in [-0.1, -0.05) is 12.8 Å². The Bertz CT molecular complexity index is 687. The van der Waals surface area contributed by atoms with Crippen molar-refractivity contribution in [2.45, 2.75) is 38.3 Å². The van der Waals surface area contributed by atoms with E-state index in [-0.39, 0.29) is 18.1 Å². The van der Waals surface area contributed by atoms with Gasteiger partial charge in [-0.25, -0.2) is 0 Å². The second kappa shape index (κ2) is 5.55. The third-order valence-corrected chi connectivity index (χ3v) is 4.00. The highest BCUT2D eigenvalue weighted by molar-refractivity contribution is 5.85. The molecule has 1 heterocycles. The van der Waals surface area contributed by atoms with Crippen LogP contribution in [0.2, 0.25) is 0 Å². The van der Waals surface area contributed by atoms with E-state index in [4.69, 9.17) is 0 Å². The third-order valence-electron chi connectivity index (χ3n) is 4.00. The highest BCUT2D eigenvalue weighted by Gasteiger charge is 2.17. The van der Waals surface area contributed by atoms with Crippen molar-refractivity contribution in [3.8, 4) is 0 Å². The number of carbonyl (C=O) groups excluding carboxylic acids is 1. The van der Waals surface area contributed by atoms with Crippen molar-refractivity contribution < 1.29 is 9.72 Å². The average Bonchev–Trinajstić information content (AvgIpc) is 3.08. The minimum absolute atomic E-state index is 0.00208. The van der Waals surface area contributed by atoms with E-state index in [1.54, 1.807) is 18.3 Å².